The first-order valence-corrected chi connectivity index (χ1v) is 9.72. The summed E-state index contributed by atoms with van der Waals surface area (Å²) in [5, 5.41) is 5.88. The zero-order valence-corrected chi connectivity index (χ0v) is 15.6. The third-order valence-electron chi connectivity index (χ3n) is 4.33. The quantitative estimate of drug-likeness (QED) is 0.581. The van der Waals surface area contributed by atoms with Crippen molar-refractivity contribution in [2.45, 2.75) is 11.3 Å². The van der Waals surface area contributed by atoms with Crippen molar-refractivity contribution in [3.8, 4) is 0 Å². The van der Waals surface area contributed by atoms with Gasteiger partial charge in [-0.3, -0.25) is 9.59 Å². The minimum Gasteiger partial charge on any atom is -0.351 e. The van der Waals surface area contributed by atoms with Gasteiger partial charge < -0.3 is 15.5 Å². The highest BCUT2D eigenvalue weighted by Gasteiger charge is 2.24. The van der Waals surface area contributed by atoms with Gasteiger partial charge in [-0.15, -0.1) is 11.8 Å². The van der Waals surface area contributed by atoms with E-state index in [1.807, 2.05) is 48.3 Å². The number of anilines is 1. The normalized spacial score (nSPS) is 12.7. The predicted molar refractivity (Wildman–Crippen MR) is 106 cm³/mol. The van der Waals surface area contributed by atoms with Gasteiger partial charge in [-0.25, -0.2) is 0 Å². The summed E-state index contributed by atoms with van der Waals surface area (Å²) in [6, 6.07) is 15.5. The van der Waals surface area contributed by atoms with E-state index in [4.69, 9.17) is 0 Å². The van der Waals surface area contributed by atoms with Crippen LogP contribution in [0, 0.1) is 0 Å². The Bertz CT molecular complexity index is 794. The number of para-hydroxylation sites is 1. The second kappa shape index (κ2) is 8.87. The Morgan fingerprint density at radius 1 is 1.08 bits per heavy atom. The molecule has 0 aliphatic carbocycles. The lowest BCUT2D eigenvalue weighted by atomic mass is 10.2. The first-order valence-electron chi connectivity index (χ1n) is 8.73. The van der Waals surface area contributed by atoms with Crippen molar-refractivity contribution < 1.29 is 9.59 Å². The Hall–Kier alpha value is -2.31. The van der Waals surface area contributed by atoms with Gasteiger partial charge >= 0.3 is 0 Å². The van der Waals surface area contributed by atoms with E-state index in [2.05, 4.69) is 16.7 Å². The van der Waals surface area contributed by atoms with Gasteiger partial charge in [0.05, 0.1) is 11.3 Å². The van der Waals surface area contributed by atoms with Gasteiger partial charge in [0.15, 0.2) is 0 Å². The molecule has 0 saturated carbocycles. The molecule has 0 bridgehead atoms. The molecule has 26 heavy (non-hydrogen) atoms. The van der Waals surface area contributed by atoms with E-state index in [0.717, 1.165) is 23.5 Å². The Labute approximate surface area is 158 Å². The molecular weight excluding hydrogens is 346 g/mol. The molecule has 2 aromatic carbocycles. The van der Waals surface area contributed by atoms with Crippen LogP contribution in [0.15, 0.2) is 53.4 Å². The molecule has 0 spiro atoms. The average Bonchev–Trinajstić information content (AvgIpc) is 3.10. The number of benzene rings is 2. The van der Waals surface area contributed by atoms with Crippen LogP contribution in [-0.2, 0) is 11.2 Å². The summed E-state index contributed by atoms with van der Waals surface area (Å²) in [5.74, 6) is 0.280. The number of hydrogen-bond donors (Lipinski definition) is 2. The Morgan fingerprint density at radius 3 is 2.69 bits per heavy atom. The molecule has 136 valence electrons. The molecule has 3 rings (SSSR count). The second-order valence-corrected chi connectivity index (χ2v) is 7.09. The maximum atomic E-state index is 12.7. The molecule has 0 fully saturated rings. The zero-order valence-electron chi connectivity index (χ0n) is 14.8. The molecule has 1 heterocycles. The summed E-state index contributed by atoms with van der Waals surface area (Å²) in [6.07, 6.45) is 0.900. The summed E-state index contributed by atoms with van der Waals surface area (Å²) in [6.45, 7) is 2.01. The maximum Gasteiger partial charge on any atom is 0.252 e. The van der Waals surface area contributed by atoms with Crippen molar-refractivity contribution in [3.63, 3.8) is 0 Å². The fourth-order valence-corrected chi connectivity index (χ4v) is 3.92. The number of rotatable bonds is 7. The number of likely N-dealkylation sites (N-methyl/N-ethyl adjacent to an activating group) is 1. The lowest BCUT2D eigenvalue weighted by Crippen LogP contribution is -2.31. The van der Waals surface area contributed by atoms with Crippen LogP contribution in [0.25, 0.3) is 0 Å². The van der Waals surface area contributed by atoms with Gasteiger partial charge in [-0.2, -0.15) is 0 Å². The first kappa shape index (κ1) is 18.5. The smallest absolute Gasteiger partial charge is 0.252 e. The van der Waals surface area contributed by atoms with Crippen LogP contribution in [0.3, 0.4) is 0 Å². The summed E-state index contributed by atoms with van der Waals surface area (Å²) in [7, 11) is 1.85. The van der Waals surface area contributed by atoms with E-state index in [0.29, 0.717) is 24.4 Å². The van der Waals surface area contributed by atoms with Crippen LogP contribution in [-0.4, -0.2) is 44.2 Å². The van der Waals surface area contributed by atoms with Gasteiger partial charge in [-0.1, -0.05) is 30.3 Å². The molecular formula is C20H23N3O2S. The zero-order chi connectivity index (χ0) is 18.4. The van der Waals surface area contributed by atoms with Crippen LogP contribution >= 0.6 is 11.8 Å². The molecule has 0 aromatic heterocycles. The molecule has 0 radical (unpaired) electrons. The van der Waals surface area contributed by atoms with Crippen molar-refractivity contribution >= 4 is 29.3 Å². The number of fused-ring (bicyclic) bond motifs is 1. The summed E-state index contributed by atoms with van der Waals surface area (Å²) >= 11 is 1.42. The van der Waals surface area contributed by atoms with E-state index < -0.39 is 0 Å². The molecule has 2 aromatic rings. The van der Waals surface area contributed by atoms with Crippen molar-refractivity contribution in [2.24, 2.45) is 0 Å². The largest absolute Gasteiger partial charge is 0.351 e. The van der Waals surface area contributed by atoms with Crippen LogP contribution < -0.4 is 15.5 Å². The molecule has 1 aliphatic rings. The van der Waals surface area contributed by atoms with Crippen LogP contribution in [0.1, 0.15) is 15.9 Å². The SMILES string of the molecule is CNCCNC(=O)c1ccccc1SCC(=O)N1CCc2ccccc21. The third kappa shape index (κ3) is 4.26. The fourth-order valence-electron chi connectivity index (χ4n) is 2.99. The number of nitrogens with zero attached hydrogens (tertiary/aromatic N) is 1. The average molecular weight is 369 g/mol. The minimum atomic E-state index is -0.109. The van der Waals surface area contributed by atoms with Crippen molar-refractivity contribution in [1.82, 2.24) is 10.6 Å². The standard InChI is InChI=1S/C20H23N3O2S/c1-21-11-12-22-20(25)16-7-3-5-9-18(16)26-14-19(24)23-13-10-15-6-2-4-8-17(15)23/h2-9,21H,10-14H2,1H3,(H,22,25). The summed E-state index contributed by atoms with van der Waals surface area (Å²) < 4.78 is 0. The Morgan fingerprint density at radius 2 is 1.85 bits per heavy atom. The van der Waals surface area contributed by atoms with Gasteiger partial charge in [0.1, 0.15) is 0 Å². The first-order chi connectivity index (χ1) is 12.7. The number of carbonyl (C=O) groups is 2. The molecule has 1 aliphatic heterocycles. The van der Waals surface area contributed by atoms with E-state index in [-0.39, 0.29) is 11.8 Å². The summed E-state index contributed by atoms with van der Waals surface area (Å²) in [5.41, 5.74) is 2.84. The number of amides is 2. The third-order valence-corrected chi connectivity index (χ3v) is 5.39. The molecule has 6 heteroatoms. The topological polar surface area (TPSA) is 61.4 Å². The molecule has 2 N–H and O–H groups in total. The molecule has 0 saturated heterocycles. The van der Waals surface area contributed by atoms with E-state index >= 15 is 0 Å². The lowest BCUT2D eigenvalue weighted by Gasteiger charge is -2.17. The highest BCUT2D eigenvalue weighted by Crippen LogP contribution is 2.29. The van der Waals surface area contributed by atoms with E-state index in [1.165, 1.54) is 17.3 Å². The summed E-state index contributed by atoms with van der Waals surface area (Å²) in [4.78, 5) is 27.7. The molecule has 5 nitrogen and oxygen atoms in total. The van der Waals surface area contributed by atoms with Crippen LogP contribution in [0.2, 0.25) is 0 Å². The minimum absolute atomic E-state index is 0.0744. The maximum absolute atomic E-state index is 12.7. The number of carbonyl (C=O) groups excluding carboxylic acids is 2. The van der Waals surface area contributed by atoms with Crippen LogP contribution in [0.4, 0.5) is 5.69 Å². The van der Waals surface area contributed by atoms with E-state index in [1.54, 1.807) is 6.07 Å². The van der Waals surface area contributed by atoms with Gasteiger partial charge in [0.25, 0.3) is 5.91 Å². The van der Waals surface area contributed by atoms with Crippen molar-refractivity contribution in [3.05, 3.63) is 59.7 Å². The highest BCUT2D eigenvalue weighted by atomic mass is 32.2. The number of thioether (sulfide) groups is 1. The lowest BCUT2D eigenvalue weighted by molar-refractivity contribution is -0.116. The van der Waals surface area contributed by atoms with Gasteiger partial charge in [-0.05, 0) is 37.2 Å². The second-order valence-electron chi connectivity index (χ2n) is 6.07. The predicted octanol–water partition coefficient (Wildman–Crippen LogP) is 2.32. The fraction of sp³-hybridized carbons (Fsp3) is 0.300. The molecule has 0 unspecified atom stereocenters. The van der Waals surface area contributed by atoms with Crippen molar-refractivity contribution in [1.29, 1.82) is 0 Å². The van der Waals surface area contributed by atoms with E-state index in [9.17, 15) is 9.59 Å². The van der Waals surface area contributed by atoms with Gasteiger partial charge in [0, 0.05) is 30.2 Å². The number of nitrogens with one attached hydrogen (secondary N) is 2. The number of hydrogen-bond acceptors (Lipinski definition) is 4. The molecule has 0 atom stereocenters. The van der Waals surface area contributed by atoms with Gasteiger partial charge in [0.2, 0.25) is 5.91 Å². The monoisotopic (exact) mass is 369 g/mol. The Balaban J connectivity index is 1.63. The van der Waals surface area contributed by atoms with Crippen LogP contribution in [0.5, 0.6) is 0 Å². The highest BCUT2D eigenvalue weighted by molar-refractivity contribution is 8.00. The Kier molecular flexibility index (Phi) is 6.30. The van der Waals surface area contributed by atoms with Crippen molar-refractivity contribution in [2.75, 3.05) is 37.3 Å². The molecule has 2 amide bonds.